The summed E-state index contributed by atoms with van der Waals surface area (Å²) in [6, 6.07) is 3.80. The van der Waals surface area contributed by atoms with Crippen LogP contribution >= 0.6 is 0 Å². The van der Waals surface area contributed by atoms with Gasteiger partial charge in [0.2, 0.25) is 0 Å². The van der Waals surface area contributed by atoms with E-state index < -0.39 is 0 Å². The second-order valence-corrected chi connectivity index (χ2v) is 3.94. The molecule has 0 unspecified atom stereocenters. The molecule has 0 aliphatic carbocycles. The first-order valence-corrected chi connectivity index (χ1v) is 5.21. The van der Waals surface area contributed by atoms with Crippen molar-refractivity contribution in [3.63, 3.8) is 0 Å². The van der Waals surface area contributed by atoms with Gasteiger partial charge >= 0.3 is 67.1 Å². The van der Waals surface area contributed by atoms with Crippen LogP contribution in [0.4, 0.5) is 0 Å². The van der Waals surface area contributed by atoms with Gasteiger partial charge in [-0.1, -0.05) is 0 Å². The number of hydrogen-bond acceptors (Lipinski definition) is 1. The van der Waals surface area contributed by atoms with Gasteiger partial charge in [-0.2, -0.15) is 0 Å². The average Bonchev–Trinajstić information content (AvgIpc) is 2.37. The third-order valence-electron chi connectivity index (χ3n) is 0.871. The quantitative estimate of drug-likeness (QED) is 0.529. The second-order valence-electron chi connectivity index (χ2n) is 1.46. The van der Waals surface area contributed by atoms with Gasteiger partial charge < -0.3 is 0 Å². The molecular formula is C6H4OSe2. The molecule has 0 atom stereocenters. The first kappa shape index (κ1) is 7.17. The van der Waals surface area contributed by atoms with Crippen LogP contribution in [0.3, 0.4) is 0 Å². The van der Waals surface area contributed by atoms with E-state index in [0.717, 1.165) is 4.44 Å². The van der Waals surface area contributed by atoms with Crippen molar-refractivity contribution in [1.29, 1.82) is 0 Å². The zero-order valence-corrected chi connectivity index (χ0v) is 7.96. The number of ketones is 1. The Morgan fingerprint density at radius 3 is 3.00 bits per heavy atom. The summed E-state index contributed by atoms with van der Waals surface area (Å²) in [5, 5.41) is 0. The maximum atomic E-state index is 10.8. The van der Waals surface area contributed by atoms with Crippen molar-refractivity contribution in [3.05, 3.63) is 21.5 Å². The van der Waals surface area contributed by atoms with E-state index in [2.05, 4.69) is 15.6 Å². The zero-order chi connectivity index (χ0) is 6.69. The standard InChI is InChI=1S/C6H4OSe2/c7-5(4-8)6-2-1-3-9-6/h1-4H. The van der Waals surface area contributed by atoms with Crippen LogP contribution in [0.1, 0.15) is 9.23 Å². The summed E-state index contributed by atoms with van der Waals surface area (Å²) in [5.74, 6) is 0.125. The summed E-state index contributed by atoms with van der Waals surface area (Å²) in [5.41, 5.74) is 0. The fourth-order valence-electron chi connectivity index (χ4n) is 0.477. The van der Waals surface area contributed by atoms with Crippen molar-refractivity contribution < 1.29 is 4.79 Å². The summed E-state index contributed by atoms with van der Waals surface area (Å²) in [6.45, 7) is 0. The molecule has 0 radical (unpaired) electrons. The number of hydrogen-bond donors (Lipinski definition) is 0. The molecule has 0 aliphatic heterocycles. The fraction of sp³-hybridized carbons (Fsp3) is 0. The van der Waals surface area contributed by atoms with Gasteiger partial charge in [0.15, 0.2) is 0 Å². The third kappa shape index (κ3) is 1.73. The SMILES string of the molecule is O=C(C=[Se])c1ccc[se]1. The Hall–Kier alpha value is 0.0590. The van der Waals surface area contributed by atoms with Crippen molar-refractivity contribution in [2.45, 2.75) is 0 Å². The van der Waals surface area contributed by atoms with E-state index in [1.54, 1.807) is 0 Å². The third-order valence-corrected chi connectivity index (χ3v) is 3.18. The van der Waals surface area contributed by atoms with E-state index in [-0.39, 0.29) is 20.3 Å². The van der Waals surface area contributed by atoms with Crippen LogP contribution in [0.25, 0.3) is 0 Å². The fourth-order valence-corrected chi connectivity index (χ4v) is 2.46. The number of rotatable bonds is 2. The molecule has 1 aromatic heterocycles. The van der Waals surface area contributed by atoms with E-state index in [4.69, 9.17) is 0 Å². The molecule has 3 heteroatoms. The monoisotopic (exact) mass is 252 g/mol. The maximum absolute atomic E-state index is 10.8. The van der Waals surface area contributed by atoms with E-state index in [1.165, 1.54) is 4.92 Å². The molecule has 0 N–H and O–H groups in total. The topological polar surface area (TPSA) is 17.1 Å². The van der Waals surface area contributed by atoms with Crippen molar-refractivity contribution >= 4 is 40.8 Å². The Bertz CT molecular complexity index is 213. The van der Waals surface area contributed by atoms with E-state index in [0.29, 0.717) is 0 Å². The average molecular weight is 250 g/mol. The Labute approximate surface area is 67.2 Å². The van der Waals surface area contributed by atoms with Gasteiger partial charge in [-0.15, -0.1) is 0 Å². The van der Waals surface area contributed by atoms with Crippen molar-refractivity contribution in [2.75, 3.05) is 0 Å². The van der Waals surface area contributed by atoms with Crippen LogP contribution in [0.2, 0.25) is 0 Å². The summed E-state index contributed by atoms with van der Waals surface area (Å²) < 4.78 is 0.932. The Balaban J connectivity index is 2.89. The minimum absolute atomic E-state index is 0.125. The van der Waals surface area contributed by atoms with Crippen LogP contribution in [0, 0.1) is 0 Å². The van der Waals surface area contributed by atoms with E-state index in [1.807, 2.05) is 17.1 Å². The molecule has 0 saturated carbocycles. The summed E-state index contributed by atoms with van der Waals surface area (Å²) in [4.78, 5) is 14.4. The molecule has 0 bridgehead atoms. The zero-order valence-electron chi connectivity index (χ0n) is 4.53. The molecule has 0 aliphatic rings. The Kier molecular flexibility index (Phi) is 2.62. The summed E-state index contributed by atoms with van der Waals surface area (Å²) >= 11 is 2.88. The van der Waals surface area contributed by atoms with Crippen molar-refractivity contribution in [3.8, 4) is 0 Å². The van der Waals surface area contributed by atoms with Gasteiger partial charge in [0.05, 0.1) is 0 Å². The minimum atomic E-state index is 0.125. The van der Waals surface area contributed by atoms with Gasteiger partial charge in [0.25, 0.3) is 0 Å². The van der Waals surface area contributed by atoms with Gasteiger partial charge in [-0.25, -0.2) is 0 Å². The van der Waals surface area contributed by atoms with Crippen molar-refractivity contribution in [1.82, 2.24) is 0 Å². The van der Waals surface area contributed by atoms with E-state index in [9.17, 15) is 4.79 Å². The van der Waals surface area contributed by atoms with Crippen LogP contribution in [-0.2, 0) is 0 Å². The number of Topliss-reactive ketones (excluding diaryl/α,β-unsaturated/α-hetero) is 1. The van der Waals surface area contributed by atoms with E-state index >= 15 is 0 Å². The summed E-state index contributed by atoms with van der Waals surface area (Å²) in [7, 11) is 0. The predicted molar refractivity (Wildman–Crippen MR) is 39.5 cm³/mol. The molecule has 1 nitrogen and oxygen atoms in total. The molecule has 0 aromatic carbocycles. The molecule has 1 heterocycles. The Morgan fingerprint density at radius 2 is 2.56 bits per heavy atom. The second kappa shape index (κ2) is 3.28. The van der Waals surface area contributed by atoms with Gasteiger partial charge in [0.1, 0.15) is 0 Å². The number of carbonyl (C=O) groups excluding carboxylic acids is 1. The molecule has 46 valence electrons. The van der Waals surface area contributed by atoms with Crippen LogP contribution < -0.4 is 0 Å². The molecule has 0 saturated heterocycles. The van der Waals surface area contributed by atoms with Gasteiger partial charge in [0, 0.05) is 0 Å². The van der Waals surface area contributed by atoms with Crippen LogP contribution in [-0.4, -0.2) is 40.8 Å². The molecule has 1 aromatic rings. The molecule has 0 spiro atoms. The van der Waals surface area contributed by atoms with Crippen molar-refractivity contribution in [2.24, 2.45) is 0 Å². The Morgan fingerprint density at radius 1 is 1.78 bits per heavy atom. The first-order valence-electron chi connectivity index (χ1n) is 2.37. The summed E-state index contributed by atoms with van der Waals surface area (Å²) in [6.07, 6.45) is 0. The first-order chi connectivity index (χ1) is 4.34. The molecule has 0 amide bonds. The van der Waals surface area contributed by atoms with Crippen LogP contribution in [0.5, 0.6) is 0 Å². The number of carbonyl (C=O) groups is 1. The normalized spacial score (nSPS) is 8.89. The van der Waals surface area contributed by atoms with Crippen LogP contribution in [0.15, 0.2) is 17.1 Å². The molecular weight excluding hydrogens is 246 g/mol. The van der Waals surface area contributed by atoms with Gasteiger partial charge in [-0.05, 0) is 0 Å². The molecule has 1 rings (SSSR count). The molecule has 0 fully saturated rings. The molecule has 9 heavy (non-hydrogen) atoms. The predicted octanol–water partition coefficient (Wildman–Crippen LogP) is -0.103. The van der Waals surface area contributed by atoms with Gasteiger partial charge in [-0.3, -0.25) is 0 Å².